The Morgan fingerprint density at radius 1 is 0.972 bits per heavy atom. The van der Waals surface area contributed by atoms with Crippen molar-refractivity contribution in [2.24, 2.45) is 46.3 Å². The number of aliphatic hydroxyl groups is 1. The Bertz CT molecular complexity index is 857. The quantitative estimate of drug-likeness (QED) is 0.412. The lowest BCUT2D eigenvalue weighted by Crippen LogP contribution is -2.63. The number of esters is 3. The van der Waals surface area contributed by atoms with E-state index in [2.05, 4.69) is 20.8 Å². The van der Waals surface area contributed by atoms with Crippen LogP contribution in [-0.2, 0) is 28.6 Å². The fourth-order valence-corrected chi connectivity index (χ4v) is 9.42. The molecule has 0 radical (unpaired) electrons. The van der Waals surface area contributed by atoms with E-state index in [0.29, 0.717) is 24.7 Å². The summed E-state index contributed by atoms with van der Waals surface area (Å²) in [5, 5.41) is 11.8. The molecule has 36 heavy (non-hydrogen) atoms. The molecule has 8 unspecified atom stereocenters. The largest absolute Gasteiger partial charge is 0.469 e. The van der Waals surface area contributed by atoms with Crippen LogP contribution in [0.15, 0.2) is 0 Å². The molecule has 4 aliphatic carbocycles. The molecule has 0 aromatic carbocycles. The van der Waals surface area contributed by atoms with Crippen LogP contribution >= 0.6 is 0 Å². The van der Waals surface area contributed by atoms with Crippen molar-refractivity contribution in [3.8, 4) is 0 Å². The van der Waals surface area contributed by atoms with Crippen molar-refractivity contribution < 1.29 is 33.7 Å². The Morgan fingerprint density at radius 2 is 1.67 bits per heavy atom. The molecule has 7 nitrogen and oxygen atoms in total. The Hall–Kier alpha value is -1.63. The smallest absolute Gasteiger partial charge is 0.305 e. The summed E-state index contributed by atoms with van der Waals surface area (Å²) in [7, 11) is 1.43. The zero-order valence-corrected chi connectivity index (χ0v) is 23.0. The third-order valence-electron chi connectivity index (χ3n) is 11.2. The van der Waals surface area contributed by atoms with Gasteiger partial charge in [-0.3, -0.25) is 14.4 Å². The summed E-state index contributed by atoms with van der Waals surface area (Å²) >= 11 is 0. The summed E-state index contributed by atoms with van der Waals surface area (Å²) in [6, 6.07) is 0. The van der Waals surface area contributed by atoms with Gasteiger partial charge in [0, 0.05) is 26.2 Å². The van der Waals surface area contributed by atoms with Crippen LogP contribution < -0.4 is 0 Å². The van der Waals surface area contributed by atoms with E-state index in [1.807, 2.05) is 0 Å². The summed E-state index contributed by atoms with van der Waals surface area (Å²) in [5.41, 5.74) is -0.248. The minimum Gasteiger partial charge on any atom is -0.469 e. The second-order valence-electron chi connectivity index (χ2n) is 12.8. The molecule has 0 aromatic rings. The third kappa shape index (κ3) is 4.69. The van der Waals surface area contributed by atoms with Crippen molar-refractivity contribution in [3.05, 3.63) is 0 Å². The number of methoxy groups -OCH3 is 1. The van der Waals surface area contributed by atoms with Crippen LogP contribution in [-0.4, -0.2) is 48.4 Å². The molecule has 0 heterocycles. The number of carbonyl (C=O) groups excluding carboxylic acids is 3. The Balaban J connectivity index is 1.62. The van der Waals surface area contributed by atoms with Crippen LogP contribution in [0.5, 0.6) is 0 Å². The monoisotopic (exact) mass is 506 g/mol. The van der Waals surface area contributed by atoms with Crippen molar-refractivity contribution in [1.29, 1.82) is 0 Å². The first-order chi connectivity index (χ1) is 16.9. The average molecular weight is 507 g/mol. The first kappa shape index (κ1) is 27.4. The van der Waals surface area contributed by atoms with Crippen LogP contribution in [0.1, 0.15) is 92.4 Å². The van der Waals surface area contributed by atoms with E-state index in [1.54, 1.807) is 0 Å². The van der Waals surface area contributed by atoms with E-state index >= 15 is 0 Å². The predicted molar refractivity (Wildman–Crippen MR) is 134 cm³/mol. The number of ether oxygens (including phenoxy) is 3. The molecule has 0 bridgehead atoms. The van der Waals surface area contributed by atoms with E-state index in [-0.39, 0.29) is 64.6 Å². The molecule has 4 fully saturated rings. The van der Waals surface area contributed by atoms with Crippen molar-refractivity contribution in [2.45, 2.75) is 111 Å². The van der Waals surface area contributed by atoms with Gasteiger partial charge in [0.05, 0.1) is 13.2 Å². The number of aliphatic hydroxyl groups excluding tert-OH is 1. The maximum Gasteiger partial charge on any atom is 0.305 e. The maximum absolute atomic E-state index is 12.2. The molecular weight excluding hydrogens is 460 g/mol. The summed E-state index contributed by atoms with van der Waals surface area (Å²) in [6.07, 6.45) is 6.59. The molecule has 0 spiro atoms. The standard InChI is InChI=1S/C29H46O7/c1-16(7-10-26(33)34-6)21-8-9-22-27-23(15-25(32)29(21,22)5)28(4)12-11-20(35-17(2)30)13-19(28)14-24(27)36-18(3)31/h16,19-25,27,32H,7-15H2,1-6H3/t16?,19?,20-,21?,22?,23?,24-,25+,27?,28?,29?/m1/s1. The number of fused-ring (bicyclic) bond motifs is 5. The Morgan fingerprint density at radius 3 is 2.31 bits per heavy atom. The first-order valence-electron chi connectivity index (χ1n) is 14.0. The summed E-state index contributed by atoms with van der Waals surface area (Å²) < 4.78 is 16.5. The zero-order chi connectivity index (χ0) is 26.4. The highest BCUT2D eigenvalue weighted by Gasteiger charge is 2.66. The molecule has 7 heteroatoms. The van der Waals surface area contributed by atoms with Gasteiger partial charge in [0.25, 0.3) is 0 Å². The molecular formula is C29H46O7. The van der Waals surface area contributed by atoms with Crippen LogP contribution in [0.4, 0.5) is 0 Å². The molecule has 0 amide bonds. The van der Waals surface area contributed by atoms with Gasteiger partial charge in [0.1, 0.15) is 12.2 Å². The number of hydrogen-bond donors (Lipinski definition) is 1. The van der Waals surface area contributed by atoms with Gasteiger partial charge < -0.3 is 19.3 Å². The molecule has 0 saturated heterocycles. The lowest BCUT2D eigenvalue weighted by atomic mass is 9.43. The number of rotatable bonds is 6. The fourth-order valence-electron chi connectivity index (χ4n) is 9.42. The SMILES string of the molecule is COC(=O)CCC(C)C1CCC2C3C(C[C@H](O)C12C)C1(C)CC[C@@H](OC(C)=O)CC1C[C@H]3OC(C)=O. The molecule has 4 saturated carbocycles. The Labute approximate surface area is 216 Å². The van der Waals surface area contributed by atoms with E-state index in [9.17, 15) is 19.5 Å². The minimum atomic E-state index is -0.434. The van der Waals surface area contributed by atoms with Gasteiger partial charge in [-0.2, -0.15) is 0 Å². The van der Waals surface area contributed by atoms with Gasteiger partial charge in [0.15, 0.2) is 0 Å². The van der Waals surface area contributed by atoms with E-state index < -0.39 is 6.10 Å². The topological polar surface area (TPSA) is 99.1 Å². The van der Waals surface area contributed by atoms with Gasteiger partial charge in [-0.05, 0) is 91.8 Å². The molecule has 1 N–H and O–H groups in total. The van der Waals surface area contributed by atoms with Crippen molar-refractivity contribution in [3.63, 3.8) is 0 Å². The minimum absolute atomic E-state index is 0.0227. The van der Waals surface area contributed by atoms with Gasteiger partial charge in [-0.15, -0.1) is 0 Å². The molecule has 0 aromatic heterocycles. The second-order valence-corrected chi connectivity index (χ2v) is 12.8. The van der Waals surface area contributed by atoms with Gasteiger partial charge in [-0.1, -0.05) is 20.8 Å². The van der Waals surface area contributed by atoms with Crippen LogP contribution in [0.25, 0.3) is 0 Å². The lowest BCUT2D eigenvalue weighted by molar-refractivity contribution is -0.218. The average Bonchev–Trinajstić information content (AvgIpc) is 3.16. The highest BCUT2D eigenvalue weighted by molar-refractivity contribution is 5.69. The first-order valence-corrected chi connectivity index (χ1v) is 14.0. The van der Waals surface area contributed by atoms with Gasteiger partial charge >= 0.3 is 17.9 Å². The maximum atomic E-state index is 12.2. The third-order valence-corrected chi connectivity index (χ3v) is 11.2. The van der Waals surface area contributed by atoms with Crippen molar-refractivity contribution >= 4 is 17.9 Å². The lowest BCUT2D eigenvalue weighted by Gasteiger charge is -2.64. The van der Waals surface area contributed by atoms with Crippen molar-refractivity contribution in [1.82, 2.24) is 0 Å². The summed E-state index contributed by atoms with van der Waals surface area (Å²) in [6.45, 7) is 9.78. The molecule has 4 aliphatic rings. The summed E-state index contributed by atoms with van der Waals surface area (Å²) in [5.74, 6) is 0.965. The van der Waals surface area contributed by atoms with Gasteiger partial charge in [0.2, 0.25) is 0 Å². The second kappa shape index (κ2) is 10.3. The van der Waals surface area contributed by atoms with E-state index in [0.717, 1.165) is 44.9 Å². The number of hydrogen-bond acceptors (Lipinski definition) is 7. The Kier molecular flexibility index (Phi) is 7.81. The van der Waals surface area contributed by atoms with Crippen LogP contribution in [0.2, 0.25) is 0 Å². The molecule has 0 aliphatic heterocycles. The van der Waals surface area contributed by atoms with Crippen LogP contribution in [0, 0.1) is 46.3 Å². The van der Waals surface area contributed by atoms with E-state index in [1.165, 1.54) is 21.0 Å². The number of carbonyl (C=O) groups is 3. The van der Waals surface area contributed by atoms with E-state index in [4.69, 9.17) is 14.2 Å². The normalized spacial score (nSPS) is 44.4. The highest BCUT2D eigenvalue weighted by Crippen LogP contribution is 2.68. The van der Waals surface area contributed by atoms with Crippen molar-refractivity contribution in [2.75, 3.05) is 7.11 Å². The van der Waals surface area contributed by atoms with Crippen LogP contribution in [0.3, 0.4) is 0 Å². The molecule has 204 valence electrons. The molecule has 11 atom stereocenters. The predicted octanol–water partition coefficient (Wildman–Crippen LogP) is 4.68. The highest BCUT2D eigenvalue weighted by atomic mass is 16.5. The zero-order valence-electron chi connectivity index (χ0n) is 23.0. The fraction of sp³-hybridized carbons (Fsp3) is 0.897. The summed E-state index contributed by atoms with van der Waals surface area (Å²) in [4.78, 5) is 35.7. The van der Waals surface area contributed by atoms with Gasteiger partial charge in [-0.25, -0.2) is 0 Å². The molecule has 4 rings (SSSR count).